The molecular weight excluding hydrogens is 214 g/mol. The average molecular weight is 226 g/mol. The van der Waals surface area contributed by atoms with Crippen LogP contribution < -0.4 is 5.32 Å². The molecule has 15 heavy (non-hydrogen) atoms. The van der Waals surface area contributed by atoms with Gasteiger partial charge in [-0.3, -0.25) is 0 Å². The van der Waals surface area contributed by atoms with Gasteiger partial charge in [0.1, 0.15) is 6.61 Å². The van der Waals surface area contributed by atoms with E-state index in [4.69, 9.17) is 16.3 Å². The highest BCUT2D eigenvalue weighted by Gasteiger charge is 2.33. The third kappa shape index (κ3) is 2.07. The molecule has 1 amide bonds. The normalized spacial score (nSPS) is 25.6. The van der Waals surface area contributed by atoms with E-state index in [1.165, 1.54) is 0 Å². The van der Waals surface area contributed by atoms with Crippen molar-refractivity contribution >= 4 is 17.7 Å². The number of carbonyl (C=O) groups excluding carboxylic acids is 1. The number of carbonyl (C=O) groups is 1. The molecule has 1 heterocycles. The topological polar surface area (TPSA) is 38.3 Å². The summed E-state index contributed by atoms with van der Waals surface area (Å²) in [7, 11) is 0. The van der Waals surface area contributed by atoms with Gasteiger partial charge in [-0.05, 0) is 17.7 Å². The van der Waals surface area contributed by atoms with Crippen molar-refractivity contribution in [1.29, 1.82) is 0 Å². The maximum Gasteiger partial charge on any atom is 0.407 e. The Balaban J connectivity index is 2.25. The van der Waals surface area contributed by atoms with Gasteiger partial charge in [-0.1, -0.05) is 30.7 Å². The van der Waals surface area contributed by atoms with Crippen LogP contribution in [0.25, 0.3) is 0 Å². The van der Waals surface area contributed by atoms with Gasteiger partial charge < -0.3 is 10.1 Å². The van der Waals surface area contributed by atoms with Crippen molar-refractivity contribution < 1.29 is 9.53 Å². The minimum Gasteiger partial charge on any atom is -0.449 e. The number of rotatable bonds is 1. The lowest BCUT2D eigenvalue weighted by Gasteiger charge is -2.33. The summed E-state index contributed by atoms with van der Waals surface area (Å²) in [6, 6.07) is 7.63. The third-order valence-electron chi connectivity index (χ3n) is 2.67. The predicted octanol–water partition coefficient (Wildman–Crippen LogP) is 2.34. The maximum absolute atomic E-state index is 10.9. The van der Waals surface area contributed by atoms with Gasteiger partial charge in [-0.15, -0.1) is 0 Å². The Kier molecular flexibility index (Phi) is 2.57. The molecule has 1 atom stereocenters. The molecule has 1 N–H and O–H groups in total. The highest BCUT2D eigenvalue weighted by atomic mass is 35.5. The lowest BCUT2D eigenvalue weighted by atomic mass is 9.82. The number of alkyl carbamates (subject to hydrolysis) is 1. The number of amides is 1. The zero-order valence-electron chi connectivity index (χ0n) is 8.42. The Morgan fingerprint density at radius 3 is 2.93 bits per heavy atom. The SMILES string of the molecule is CC1(c2cccc(Cl)c2)CNC(=O)OC1. The molecule has 1 aromatic rings. The first-order chi connectivity index (χ1) is 7.10. The molecule has 2 rings (SSSR count). The van der Waals surface area contributed by atoms with E-state index in [9.17, 15) is 4.79 Å². The van der Waals surface area contributed by atoms with Crippen LogP contribution in [-0.2, 0) is 10.2 Å². The first kappa shape index (κ1) is 10.3. The second-order valence-electron chi connectivity index (χ2n) is 4.00. The molecule has 0 bridgehead atoms. The van der Waals surface area contributed by atoms with Gasteiger partial charge in [-0.25, -0.2) is 4.79 Å². The largest absolute Gasteiger partial charge is 0.449 e. The zero-order chi connectivity index (χ0) is 10.9. The summed E-state index contributed by atoms with van der Waals surface area (Å²) in [6.45, 7) is 3.00. The number of nitrogens with one attached hydrogen (secondary N) is 1. The lowest BCUT2D eigenvalue weighted by Crippen LogP contribution is -2.48. The summed E-state index contributed by atoms with van der Waals surface area (Å²) in [6.07, 6.45) is -0.352. The summed E-state index contributed by atoms with van der Waals surface area (Å²) in [5, 5.41) is 3.39. The van der Waals surface area contributed by atoms with Crippen molar-refractivity contribution in [2.45, 2.75) is 12.3 Å². The molecule has 1 fully saturated rings. The molecule has 1 aliphatic heterocycles. The molecule has 0 aromatic heterocycles. The van der Waals surface area contributed by atoms with E-state index < -0.39 is 0 Å². The standard InChI is InChI=1S/C11H12ClNO2/c1-11(6-13-10(14)15-7-11)8-3-2-4-9(12)5-8/h2-5H,6-7H2,1H3,(H,13,14). The van der Waals surface area contributed by atoms with Crippen LogP contribution in [0.2, 0.25) is 5.02 Å². The Morgan fingerprint density at radius 1 is 1.53 bits per heavy atom. The fraction of sp³-hybridized carbons (Fsp3) is 0.364. The second kappa shape index (κ2) is 3.74. The quantitative estimate of drug-likeness (QED) is 0.797. The summed E-state index contributed by atoms with van der Waals surface area (Å²) in [4.78, 5) is 10.9. The van der Waals surface area contributed by atoms with Gasteiger partial charge in [0.15, 0.2) is 0 Å². The van der Waals surface area contributed by atoms with Crippen molar-refractivity contribution in [2.75, 3.05) is 13.2 Å². The van der Waals surface area contributed by atoms with Gasteiger partial charge in [0, 0.05) is 17.0 Å². The molecular formula is C11H12ClNO2. The molecule has 0 saturated carbocycles. The van der Waals surface area contributed by atoms with Crippen LogP contribution in [-0.4, -0.2) is 19.2 Å². The van der Waals surface area contributed by atoms with Gasteiger partial charge >= 0.3 is 6.09 Å². The van der Waals surface area contributed by atoms with Gasteiger partial charge in [0.25, 0.3) is 0 Å². The molecule has 80 valence electrons. The van der Waals surface area contributed by atoms with E-state index in [-0.39, 0.29) is 11.5 Å². The number of hydrogen-bond acceptors (Lipinski definition) is 2. The van der Waals surface area contributed by atoms with Gasteiger partial charge in [0.05, 0.1) is 0 Å². The summed E-state index contributed by atoms with van der Waals surface area (Å²) in [5.74, 6) is 0. The summed E-state index contributed by atoms with van der Waals surface area (Å²) < 4.78 is 4.99. The minimum absolute atomic E-state index is 0.196. The molecule has 0 spiro atoms. The lowest BCUT2D eigenvalue weighted by molar-refractivity contribution is 0.0929. The van der Waals surface area contributed by atoms with Crippen LogP contribution in [0, 0.1) is 0 Å². The molecule has 1 unspecified atom stereocenters. The first-order valence-electron chi connectivity index (χ1n) is 4.77. The van der Waals surface area contributed by atoms with E-state index in [1.54, 1.807) is 0 Å². The smallest absolute Gasteiger partial charge is 0.407 e. The Hall–Kier alpha value is -1.22. The van der Waals surface area contributed by atoms with Crippen LogP contribution in [0.4, 0.5) is 4.79 Å². The van der Waals surface area contributed by atoms with E-state index in [0.717, 1.165) is 5.56 Å². The van der Waals surface area contributed by atoms with Crippen molar-refractivity contribution in [1.82, 2.24) is 5.32 Å². The summed E-state index contributed by atoms with van der Waals surface area (Å²) in [5.41, 5.74) is 0.883. The van der Waals surface area contributed by atoms with E-state index >= 15 is 0 Å². The number of hydrogen-bond donors (Lipinski definition) is 1. The number of halogens is 1. The maximum atomic E-state index is 10.9. The number of cyclic esters (lactones) is 1. The van der Waals surface area contributed by atoms with Crippen LogP contribution in [0.15, 0.2) is 24.3 Å². The van der Waals surface area contributed by atoms with Crippen molar-refractivity contribution in [2.24, 2.45) is 0 Å². The first-order valence-corrected chi connectivity index (χ1v) is 5.15. The molecule has 1 aromatic carbocycles. The second-order valence-corrected chi connectivity index (χ2v) is 4.44. The fourth-order valence-electron chi connectivity index (χ4n) is 1.64. The molecule has 0 radical (unpaired) electrons. The molecule has 3 nitrogen and oxygen atoms in total. The minimum atomic E-state index is -0.352. The third-order valence-corrected chi connectivity index (χ3v) is 2.90. The highest BCUT2D eigenvalue weighted by Crippen LogP contribution is 2.27. The molecule has 1 aliphatic rings. The number of benzene rings is 1. The van der Waals surface area contributed by atoms with Crippen molar-refractivity contribution in [3.05, 3.63) is 34.9 Å². The van der Waals surface area contributed by atoms with Crippen molar-refractivity contribution in [3.63, 3.8) is 0 Å². The van der Waals surface area contributed by atoms with Gasteiger partial charge in [0.2, 0.25) is 0 Å². The van der Waals surface area contributed by atoms with Crippen LogP contribution in [0.5, 0.6) is 0 Å². The van der Waals surface area contributed by atoms with E-state index in [1.807, 2.05) is 31.2 Å². The Morgan fingerprint density at radius 2 is 2.33 bits per heavy atom. The number of ether oxygens (including phenoxy) is 1. The highest BCUT2D eigenvalue weighted by molar-refractivity contribution is 6.30. The van der Waals surface area contributed by atoms with Gasteiger partial charge in [-0.2, -0.15) is 0 Å². The van der Waals surface area contributed by atoms with Crippen LogP contribution in [0.3, 0.4) is 0 Å². The predicted molar refractivity (Wildman–Crippen MR) is 58.2 cm³/mol. The Bertz CT molecular complexity index is 382. The van der Waals surface area contributed by atoms with Crippen molar-refractivity contribution in [3.8, 4) is 0 Å². The molecule has 1 saturated heterocycles. The fourth-order valence-corrected chi connectivity index (χ4v) is 1.83. The average Bonchev–Trinajstić information content (AvgIpc) is 2.23. The summed E-state index contributed by atoms with van der Waals surface area (Å²) >= 11 is 5.93. The van der Waals surface area contributed by atoms with Crippen LogP contribution >= 0.6 is 11.6 Å². The zero-order valence-corrected chi connectivity index (χ0v) is 9.17. The van der Waals surface area contributed by atoms with E-state index in [0.29, 0.717) is 18.2 Å². The van der Waals surface area contributed by atoms with E-state index in [2.05, 4.69) is 5.32 Å². The van der Waals surface area contributed by atoms with Crippen LogP contribution in [0.1, 0.15) is 12.5 Å². The molecule has 0 aliphatic carbocycles. The monoisotopic (exact) mass is 225 g/mol. The Labute approximate surface area is 93.4 Å². The molecule has 4 heteroatoms.